The Hall–Kier alpha value is -2.94. The topological polar surface area (TPSA) is 128 Å². The molecule has 1 aliphatic rings. The average Bonchev–Trinajstić information content (AvgIpc) is 2.79. The first-order valence-corrected chi connectivity index (χ1v) is 11.2. The van der Waals surface area contributed by atoms with Crippen molar-refractivity contribution in [3.63, 3.8) is 0 Å². The van der Waals surface area contributed by atoms with Gasteiger partial charge < -0.3 is 26.2 Å². The molecule has 9 heteroatoms. The van der Waals surface area contributed by atoms with Gasteiger partial charge in [-0.25, -0.2) is 4.79 Å². The summed E-state index contributed by atoms with van der Waals surface area (Å²) in [5.41, 5.74) is 3.08. The van der Waals surface area contributed by atoms with Crippen molar-refractivity contribution in [2.75, 3.05) is 6.54 Å². The van der Waals surface area contributed by atoms with Crippen molar-refractivity contribution in [1.29, 1.82) is 0 Å². The number of carbonyl (C=O) groups is 3. The van der Waals surface area contributed by atoms with Crippen molar-refractivity contribution in [1.82, 2.24) is 16.0 Å². The molecule has 0 saturated carbocycles. The van der Waals surface area contributed by atoms with Crippen molar-refractivity contribution in [2.45, 2.75) is 50.4 Å². The van der Waals surface area contributed by atoms with Gasteiger partial charge >= 0.3 is 5.97 Å². The Morgan fingerprint density at radius 1 is 1.12 bits per heavy atom. The van der Waals surface area contributed by atoms with E-state index in [2.05, 4.69) is 16.0 Å². The van der Waals surface area contributed by atoms with E-state index in [0.29, 0.717) is 18.0 Å². The largest absolute Gasteiger partial charge is 0.480 e. The minimum absolute atomic E-state index is 0.0701. The summed E-state index contributed by atoms with van der Waals surface area (Å²) < 4.78 is 0. The number of amides is 2. The molecule has 3 rings (SSSR count). The maximum Gasteiger partial charge on any atom is 0.328 e. The fourth-order valence-electron chi connectivity index (χ4n) is 3.87. The third kappa shape index (κ3) is 6.77. The predicted octanol–water partition coefficient (Wildman–Crippen LogP) is 1.59. The predicted molar refractivity (Wildman–Crippen MR) is 124 cm³/mol. The third-order valence-corrected chi connectivity index (χ3v) is 6.01. The molecule has 2 amide bonds. The minimum atomic E-state index is -1.41. The smallest absolute Gasteiger partial charge is 0.328 e. The zero-order valence-corrected chi connectivity index (χ0v) is 19.0. The first-order valence-electron chi connectivity index (χ1n) is 10.8. The van der Waals surface area contributed by atoms with Crippen LogP contribution in [0.3, 0.4) is 0 Å². The van der Waals surface area contributed by atoms with Gasteiger partial charge in [0.1, 0.15) is 0 Å². The first kappa shape index (κ1) is 24.7. The maximum atomic E-state index is 12.8. The number of hydrogen-bond donors (Lipinski definition) is 5. The number of rotatable bonds is 9. The lowest BCUT2D eigenvalue weighted by atomic mass is 9.93. The molecule has 0 aliphatic carbocycles. The van der Waals surface area contributed by atoms with Crippen LogP contribution in [0.25, 0.3) is 0 Å². The van der Waals surface area contributed by atoms with Crippen LogP contribution in [-0.2, 0) is 27.3 Å². The molecular weight excluding hydrogens is 446 g/mol. The number of aliphatic hydroxyl groups is 1. The van der Waals surface area contributed by atoms with Crippen LogP contribution in [0.1, 0.15) is 36.0 Å². The Labute approximate surface area is 197 Å². The van der Waals surface area contributed by atoms with Gasteiger partial charge in [-0.05, 0) is 42.2 Å². The molecule has 2 aromatic rings. The van der Waals surface area contributed by atoms with Crippen LogP contribution in [0.4, 0.5) is 0 Å². The van der Waals surface area contributed by atoms with Crippen molar-refractivity contribution in [2.24, 2.45) is 0 Å². The summed E-state index contributed by atoms with van der Waals surface area (Å²) in [5, 5.41) is 27.9. The number of aliphatic carboxylic acids is 1. The summed E-state index contributed by atoms with van der Waals surface area (Å²) in [5.74, 6) is -2.44. The highest BCUT2D eigenvalue weighted by Crippen LogP contribution is 2.22. The second-order valence-electron chi connectivity index (χ2n) is 8.23. The number of carboxylic acids is 1. The number of carbonyl (C=O) groups excluding carboxylic acids is 2. The Balaban J connectivity index is 1.66. The lowest BCUT2D eigenvalue weighted by Gasteiger charge is -2.26. The molecule has 0 bridgehead atoms. The zero-order chi connectivity index (χ0) is 24.0. The Bertz CT molecular complexity index is 996. The minimum Gasteiger partial charge on any atom is -0.480 e. The van der Waals surface area contributed by atoms with Gasteiger partial charge in [0.05, 0.1) is 12.1 Å². The molecule has 4 atom stereocenters. The summed E-state index contributed by atoms with van der Waals surface area (Å²) >= 11 is 5.98. The fourth-order valence-corrected chi connectivity index (χ4v) is 4.00. The number of halogens is 1. The number of hydrogen-bond acceptors (Lipinski definition) is 5. The van der Waals surface area contributed by atoms with E-state index in [-0.39, 0.29) is 24.9 Å². The molecule has 0 unspecified atom stereocenters. The van der Waals surface area contributed by atoms with Crippen molar-refractivity contribution in [3.05, 3.63) is 70.2 Å². The van der Waals surface area contributed by atoms with Crippen molar-refractivity contribution in [3.8, 4) is 0 Å². The van der Waals surface area contributed by atoms with Gasteiger partial charge in [-0.2, -0.15) is 0 Å². The van der Waals surface area contributed by atoms with Crippen LogP contribution < -0.4 is 16.0 Å². The van der Waals surface area contributed by atoms with Gasteiger partial charge in [0.25, 0.3) is 0 Å². The Morgan fingerprint density at radius 3 is 2.42 bits per heavy atom. The number of carboxylic acid groups (broad SMARTS) is 1. The van der Waals surface area contributed by atoms with Gasteiger partial charge in [0.15, 0.2) is 6.04 Å². The van der Waals surface area contributed by atoms with E-state index in [9.17, 15) is 24.6 Å². The van der Waals surface area contributed by atoms with Crippen LogP contribution in [0.5, 0.6) is 0 Å². The van der Waals surface area contributed by atoms with E-state index in [1.165, 1.54) is 12.5 Å². The summed E-state index contributed by atoms with van der Waals surface area (Å²) in [7, 11) is 0. The standard InChI is InChI=1S/C24H28ClN3O5/c1-14(29)22(24(32)33)28-21(30)11-18(15-6-8-19(25)9-7-15)13-27-23(31)20-10-16-4-2-3-5-17(16)12-26-20/h2-9,14,18,20,22,26,29H,10-13H2,1H3,(H,27,31)(H,28,30)(H,32,33)/t14-,18-,20+,22+/m0/s1. The molecule has 33 heavy (non-hydrogen) atoms. The number of fused-ring (bicyclic) bond motifs is 1. The van der Waals surface area contributed by atoms with E-state index in [1.807, 2.05) is 24.3 Å². The van der Waals surface area contributed by atoms with E-state index in [4.69, 9.17) is 11.6 Å². The SMILES string of the molecule is C[C@H](O)[C@@H](NC(=O)C[C@@H](CNC(=O)[C@H]1Cc2ccccc2CN1)c1ccc(Cl)cc1)C(=O)O. The monoisotopic (exact) mass is 473 g/mol. The second-order valence-corrected chi connectivity index (χ2v) is 8.66. The molecule has 0 fully saturated rings. The van der Waals surface area contributed by atoms with Gasteiger partial charge in [-0.1, -0.05) is 48.0 Å². The molecule has 0 saturated heterocycles. The summed E-state index contributed by atoms with van der Waals surface area (Å²) in [6.45, 7) is 2.08. The molecule has 5 N–H and O–H groups in total. The Kier molecular flexibility index (Phi) is 8.43. The van der Waals surface area contributed by atoms with E-state index in [0.717, 1.165) is 11.1 Å². The van der Waals surface area contributed by atoms with E-state index < -0.39 is 29.9 Å². The molecule has 1 heterocycles. The number of aliphatic hydroxyl groups excluding tert-OH is 1. The lowest BCUT2D eigenvalue weighted by molar-refractivity contribution is -0.144. The average molecular weight is 474 g/mol. The molecule has 2 aromatic carbocycles. The quantitative estimate of drug-likeness (QED) is 0.376. The first-order chi connectivity index (χ1) is 15.7. The molecule has 8 nitrogen and oxygen atoms in total. The second kappa shape index (κ2) is 11.3. The third-order valence-electron chi connectivity index (χ3n) is 5.76. The van der Waals surface area contributed by atoms with Crippen LogP contribution >= 0.6 is 11.6 Å². The fraction of sp³-hybridized carbons (Fsp3) is 0.375. The van der Waals surface area contributed by atoms with Crippen LogP contribution in [0.2, 0.25) is 5.02 Å². The highest BCUT2D eigenvalue weighted by atomic mass is 35.5. The summed E-state index contributed by atoms with van der Waals surface area (Å²) in [6, 6.07) is 13.1. The molecule has 0 spiro atoms. The van der Waals surface area contributed by atoms with Gasteiger partial charge in [-0.3, -0.25) is 9.59 Å². The summed E-state index contributed by atoms with van der Waals surface area (Å²) in [4.78, 5) is 36.7. The van der Waals surface area contributed by atoms with Crippen molar-refractivity contribution >= 4 is 29.4 Å². The molecule has 176 valence electrons. The van der Waals surface area contributed by atoms with Gasteiger partial charge in [0.2, 0.25) is 11.8 Å². The lowest BCUT2D eigenvalue weighted by Crippen LogP contribution is -2.49. The highest BCUT2D eigenvalue weighted by Gasteiger charge is 2.28. The number of benzene rings is 2. The summed E-state index contributed by atoms with van der Waals surface area (Å²) in [6.07, 6.45) is -0.748. The van der Waals surface area contributed by atoms with E-state index >= 15 is 0 Å². The van der Waals surface area contributed by atoms with Gasteiger partial charge in [0, 0.05) is 30.5 Å². The van der Waals surface area contributed by atoms with Gasteiger partial charge in [-0.15, -0.1) is 0 Å². The van der Waals surface area contributed by atoms with Crippen LogP contribution in [0.15, 0.2) is 48.5 Å². The molecule has 0 aromatic heterocycles. The molecule has 0 radical (unpaired) electrons. The van der Waals surface area contributed by atoms with E-state index in [1.54, 1.807) is 24.3 Å². The van der Waals surface area contributed by atoms with Crippen LogP contribution in [-0.4, -0.2) is 52.7 Å². The van der Waals surface area contributed by atoms with Crippen molar-refractivity contribution < 1.29 is 24.6 Å². The normalized spacial score (nSPS) is 17.8. The highest BCUT2D eigenvalue weighted by molar-refractivity contribution is 6.30. The molecule has 1 aliphatic heterocycles. The molecular formula is C24H28ClN3O5. The maximum absolute atomic E-state index is 12.8. The zero-order valence-electron chi connectivity index (χ0n) is 18.3. The Morgan fingerprint density at radius 2 is 1.79 bits per heavy atom. The number of nitrogens with one attached hydrogen (secondary N) is 3. The van der Waals surface area contributed by atoms with Crippen LogP contribution in [0, 0.1) is 0 Å².